The second kappa shape index (κ2) is 5.01. The van der Waals surface area contributed by atoms with Crippen molar-refractivity contribution in [1.82, 2.24) is 9.84 Å². The lowest BCUT2D eigenvalue weighted by molar-refractivity contribution is 0.0272. The Labute approximate surface area is 100 Å². The number of sulfonamides is 1. The SMILES string of the molecule is Nc1ccc(S(=O)(=O)NN2CCOCC2)cc1. The lowest BCUT2D eigenvalue weighted by Gasteiger charge is -2.26. The second-order valence-electron chi connectivity index (χ2n) is 3.76. The van der Waals surface area contributed by atoms with Gasteiger partial charge in [0.25, 0.3) is 10.0 Å². The predicted octanol–water partition coefficient (Wildman–Crippen LogP) is -0.206. The van der Waals surface area contributed by atoms with Crippen molar-refractivity contribution in [2.24, 2.45) is 0 Å². The van der Waals surface area contributed by atoms with E-state index in [2.05, 4.69) is 4.83 Å². The number of benzene rings is 1. The third kappa shape index (κ3) is 3.16. The zero-order valence-electron chi connectivity index (χ0n) is 9.30. The molecule has 0 amide bonds. The highest BCUT2D eigenvalue weighted by atomic mass is 32.2. The maximum Gasteiger partial charge on any atom is 0.253 e. The molecule has 1 saturated heterocycles. The van der Waals surface area contributed by atoms with Crippen molar-refractivity contribution in [3.63, 3.8) is 0 Å². The fraction of sp³-hybridized carbons (Fsp3) is 0.400. The smallest absolute Gasteiger partial charge is 0.253 e. The van der Waals surface area contributed by atoms with Gasteiger partial charge < -0.3 is 10.5 Å². The third-order valence-electron chi connectivity index (χ3n) is 2.45. The summed E-state index contributed by atoms with van der Waals surface area (Å²) in [6, 6.07) is 6.10. The molecule has 0 bridgehead atoms. The molecule has 6 nitrogen and oxygen atoms in total. The Balaban J connectivity index is 2.10. The standard InChI is InChI=1S/C10H15N3O3S/c11-9-1-3-10(4-2-9)17(14,15)12-13-5-7-16-8-6-13/h1-4,12H,5-8,11H2. The average Bonchev–Trinajstić information content (AvgIpc) is 2.30. The van der Waals surface area contributed by atoms with E-state index < -0.39 is 10.0 Å². The van der Waals surface area contributed by atoms with E-state index in [0.29, 0.717) is 32.0 Å². The number of hydrogen-bond donors (Lipinski definition) is 2. The van der Waals surface area contributed by atoms with Crippen LogP contribution in [0.3, 0.4) is 0 Å². The summed E-state index contributed by atoms with van der Waals surface area (Å²) in [6.07, 6.45) is 0. The minimum atomic E-state index is -3.51. The van der Waals surface area contributed by atoms with Gasteiger partial charge in [-0.3, -0.25) is 0 Å². The quantitative estimate of drug-likeness (QED) is 0.732. The summed E-state index contributed by atoms with van der Waals surface area (Å²) in [4.78, 5) is 2.72. The number of nitrogens with one attached hydrogen (secondary N) is 1. The Hall–Kier alpha value is -1.15. The minimum Gasteiger partial charge on any atom is -0.399 e. The molecule has 0 unspecified atom stereocenters. The molecule has 1 aliphatic heterocycles. The summed E-state index contributed by atoms with van der Waals surface area (Å²) >= 11 is 0. The van der Waals surface area contributed by atoms with Gasteiger partial charge in [-0.25, -0.2) is 13.4 Å². The van der Waals surface area contributed by atoms with Crippen molar-refractivity contribution in [3.8, 4) is 0 Å². The van der Waals surface area contributed by atoms with Gasteiger partial charge in [0.1, 0.15) is 0 Å². The van der Waals surface area contributed by atoms with Gasteiger partial charge in [-0.05, 0) is 24.3 Å². The molecular weight excluding hydrogens is 242 g/mol. The topological polar surface area (TPSA) is 84.7 Å². The van der Waals surface area contributed by atoms with E-state index in [4.69, 9.17) is 10.5 Å². The number of rotatable bonds is 3. The van der Waals surface area contributed by atoms with E-state index >= 15 is 0 Å². The first-order chi connectivity index (χ1) is 8.08. The number of nitrogen functional groups attached to an aromatic ring is 1. The van der Waals surface area contributed by atoms with Gasteiger partial charge in [0.05, 0.1) is 18.1 Å². The van der Waals surface area contributed by atoms with E-state index in [9.17, 15) is 8.42 Å². The van der Waals surface area contributed by atoms with Crippen molar-refractivity contribution >= 4 is 15.7 Å². The lowest BCUT2D eigenvalue weighted by atomic mass is 10.3. The van der Waals surface area contributed by atoms with Crippen LogP contribution in [-0.4, -0.2) is 39.7 Å². The molecule has 1 fully saturated rings. The van der Waals surface area contributed by atoms with E-state index in [1.165, 1.54) is 12.1 Å². The number of ether oxygens (including phenoxy) is 1. The number of hydrazine groups is 1. The fourth-order valence-electron chi connectivity index (χ4n) is 1.52. The molecule has 94 valence electrons. The summed E-state index contributed by atoms with van der Waals surface area (Å²) in [5, 5.41) is 1.63. The molecule has 1 aromatic carbocycles. The maximum atomic E-state index is 12.0. The Kier molecular flexibility index (Phi) is 3.63. The first-order valence-corrected chi connectivity index (χ1v) is 6.77. The summed E-state index contributed by atoms with van der Waals surface area (Å²) in [6.45, 7) is 2.16. The van der Waals surface area contributed by atoms with Crippen molar-refractivity contribution < 1.29 is 13.2 Å². The number of anilines is 1. The molecule has 0 spiro atoms. The van der Waals surface area contributed by atoms with Gasteiger partial charge in [-0.15, -0.1) is 4.83 Å². The van der Waals surface area contributed by atoms with Crippen LogP contribution in [0.2, 0.25) is 0 Å². The van der Waals surface area contributed by atoms with Gasteiger partial charge in [0.2, 0.25) is 0 Å². The van der Waals surface area contributed by atoms with Gasteiger partial charge >= 0.3 is 0 Å². The molecule has 3 N–H and O–H groups in total. The summed E-state index contributed by atoms with van der Waals surface area (Å²) in [5.74, 6) is 0. The molecule has 7 heteroatoms. The highest BCUT2D eigenvalue weighted by Crippen LogP contribution is 2.12. The molecule has 2 rings (SSSR count). The monoisotopic (exact) mass is 257 g/mol. The van der Waals surface area contributed by atoms with Crippen LogP contribution in [0, 0.1) is 0 Å². The van der Waals surface area contributed by atoms with Crippen LogP contribution in [0.1, 0.15) is 0 Å². The number of nitrogens with zero attached hydrogens (tertiary/aromatic N) is 1. The molecule has 1 heterocycles. The molecule has 17 heavy (non-hydrogen) atoms. The Morgan fingerprint density at radius 1 is 1.18 bits per heavy atom. The predicted molar refractivity (Wildman–Crippen MR) is 63.6 cm³/mol. The van der Waals surface area contributed by atoms with E-state index in [-0.39, 0.29) is 4.90 Å². The normalized spacial score (nSPS) is 18.1. The molecular formula is C10H15N3O3S. The molecule has 0 radical (unpaired) electrons. The third-order valence-corrected chi connectivity index (χ3v) is 3.84. The largest absolute Gasteiger partial charge is 0.399 e. The summed E-state index contributed by atoms with van der Waals surface area (Å²) in [5.41, 5.74) is 6.05. The summed E-state index contributed by atoms with van der Waals surface area (Å²) < 4.78 is 29.1. The van der Waals surface area contributed by atoms with E-state index in [0.717, 1.165) is 0 Å². The zero-order valence-corrected chi connectivity index (χ0v) is 10.1. The number of morpholine rings is 1. The number of hydrogen-bond acceptors (Lipinski definition) is 5. The Bertz CT molecular complexity index is 466. The number of nitrogens with two attached hydrogens (primary N) is 1. The molecule has 0 aliphatic carbocycles. The van der Waals surface area contributed by atoms with Crippen LogP contribution in [0.15, 0.2) is 29.2 Å². The fourth-order valence-corrected chi connectivity index (χ4v) is 2.65. The molecule has 1 aromatic rings. The minimum absolute atomic E-state index is 0.207. The van der Waals surface area contributed by atoms with Crippen molar-refractivity contribution in [2.45, 2.75) is 4.90 Å². The van der Waals surface area contributed by atoms with Crippen LogP contribution in [0.4, 0.5) is 5.69 Å². The van der Waals surface area contributed by atoms with Crippen LogP contribution < -0.4 is 10.6 Å². The first-order valence-electron chi connectivity index (χ1n) is 5.29. The molecule has 0 atom stereocenters. The van der Waals surface area contributed by atoms with E-state index in [1.807, 2.05) is 0 Å². The van der Waals surface area contributed by atoms with Crippen LogP contribution in [0.25, 0.3) is 0 Å². The molecule has 1 aliphatic rings. The summed E-state index contributed by atoms with van der Waals surface area (Å²) in [7, 11) is -3.51. The highest BCUT2D eigenvalue weighted by Gasteiger charge is 2.19. The van der Waals surface area contributed by atoms with Gasteiger partial charge in [0.15, 0.2) is 0 Å². The molecule has 0 saturated carbocycles. The molecule has 0 aromatic heterocycles. The van der Waals surface area contributed by atoms with Crippen LogP contribution in [-0.2, 0) is 14.8 Å². The average molecular weight is 257 g/mol. The Morgan fingerprint density at radius 3 is 2.35 bits per heavy atom. The van der Waals surface area contributed by atoms with Crippen LogP contribution in [0.5, 0.6) is 0 Å². The van der Waals surface area contributed by atoms with Crippen molar-refractivity contribution in [2.75, 3.05) is 32.0 Å². The second-order valence-corrected chi connectivity index (χ2v) is 5.42. The van der Waals surface area contributed by atoms with Gasteiger partial charge in [0, 0.05) is 18.8 Å². The Morgan fingerprint density at radius 2 is 1.76 bits per heavy atom. The maximum absolute atomic E-state index is 12.0. The van der Waals surface area contributed by atoms with Crippen LogP contribution >= 0.6 is 0 Å². The van der Waals surface area contributed by atoms with Gasteiger partial charge in [-0.2, -0.15) is 0 Å². The van der Waals surface area contributed by atoms with Gasteiger partial charge in [-0.1, -0.05) is 0 Å². The zero-order chi connectivity index (χ0) is 12.3. The highest BCUT2D eigenvalue weighted by molar-refractivity contribution is 7.89. The lowest BCUT2D eigenvalue weighted by Crippen LogP contribution is -2.48. The van der Waals surface area contributed by atoms with Crippen molar-refractivity contribution in [3.05, 3.63) is 24.3 Å². The van der Waals surface area contributed by atoms with Crippen molar-refractivity contribution in [1.29, 1.82) is 0 Å². The van der Waals surface area contributed by atoms with E-state index in [1.54, 1.807) is 17.1 Å². The first kappa shape index (κ1) is 12.3.